The van der Waals surface area contributed by atoms with E-state index in [1.807, 2.05) is 6.92 Å². The maximum atomic E-state index is 12.2. The molecule has 1 fully saturated rings. The first-order valence-electron chi connectivity index (χ1n) is 6.87. The lowest BCUT2D eigenvalue weighted by Gasteiger charge is -2.29. The molecule has 0 spiro atoms. The highest BCUT2D eigenvalue weighted by atomic mass is 79.9. The molecule has 0 bridgehead atoms. The van der Waals surface area contributed by atoms with Crippen LogP contribution in [0.5, 0.6) is 0 Å². The minimum atomic E-state index is -0.264. The van der Waals surface area contributed by atoms with Crippen LogP contribution in [0.3, 0.4) is 0 Å². The fraction of sp³-hybridized carbons (Fsp3) is 0.533. The summed E-state index contributed by atoms with van der Waals surface area (Å²) in [5.41, 5.74) is 3.53. The summed E-state index contributed by atoms with van der Waals surface area (Å²) in [5, 5.41) is 6.20. The third-order valence-electron chi connectivity index (χ3n) is 3.70. The van der Waals surface area contributed by atoms with Crippen molar-refractivity contribution in [3.05, 3.63) is 33.3 Å². The third kappa shape index (κ3) is 4.68. The number of nitrogens with one attached hydrogen (secondary N) is 2. The van der Waals surface area contributed by atoms with Gasteiger partial charge in [-0.3, -0.25) is 4.79 Å². The lowest BCUT2D eigenvalue weighted by Crippen LogP contribution is -2.55. The smallest absolute Gasteiger partial charge is 0.240 e. The Labute approximate surface area is 140 Å². The van der Waals surface area contributed by atoms with Gasteiger partial charge >= 0.3 is 0 Å². The quantitative estimate of drug-likeness (QED) is 0.851. The number of ether oxygens (including phenoxy) is 1. The van der Waals surface area contributed by atoms with Gasteiger partial charge in [0.1, 0.15) is 6.04 Å². The van der Waals surface area contributed by atoms with Crippen LogP contribution in [0.2, 0.25) is 0 Å². The monoisotopic (exact) mass is 376 g/mol. The number of carbonyl (C=O) groups is 1. The summed E-state index contributed by atoms with van der Waals surface area (Å²) >= 11 is 3.48. The van der Waals surface area contributed by atoms with Crippen LogP contribution in [0, 0.1) is 13.8 Å². The molecule has 1 saturated heterocycles. The lowest BCUT2D eigenvalue weighted by atomic mass is 10.0. The van der Waals surface area contributed by atoms with Gasteiger partial charge in [0, 0.05) is 17.6 Å². The Morgan fingerprint density at radius 2 is 2.05 bits per heavy atom. The van der Waals surface area contributed by atoms with E-state index >= 15 is 0 Å². The number of amides is 1. The average Bonchev–Trinajstić information content (AvgIpc) is 2.37. The minimum Gasteiger partial charge on any atom is -0.375 e. The highest BCUT2D eigenvalue weighted by Crippen LogP contribution is 2.20. The van der Waals surface area contributed by atoms with E-state index in [4.69, 9.17) is 4.74 Å². The van der Waals surface area contributed by atoms with Crippen molar-refractivity contribution in [2.45, 2.75) is 39.5 Å². The van der Waals surface area contributed by atoms with Crippen LogP contribution < -0.4 is 10.6 Å². The molecule has 1 aromatic rings. The number of benzene rings is 1. The fourth-order valence-electron chi connectivity index (χ4n) is 2.53. The predicted octanol–water partition coefficient (Wildman–Crippen LogP) is 2.48. The topological polar surface area (TPSA) is 50.4 Å². The number of carbonyl (C=O) groups excluding carboxylic acids is 1. The maximum Gasteiger partial charge on any atom is 0.240 e. The van der Waals surface area contributed by atoms with Gasteiger partial charge in [0.15, 0.2) is 0 Å². The van der Waals surface area contributed by atoms with Crippen molar-refractivity contribution in [3.8, 4) is 0 Å². The molecule has 1 aliphatic rings. The molecule has 1 aromatic carbocycles. The molecule has 118 valence electrons. The van der Waals surface area contributed by atoms with E-state index in [2.05, 4.69) is 52.5 Å². The van der Waals surface area contributed by atoms with Crippen LogP contribution in [-0.2, 0) is 16.1 Å². The zero-order valence-corrected chi connectivity index (χ0v) is 14.9. The van der Waals surface area contributed by atoms with E-state index < -0.39 is 0 Å². The third-order valence-corrected chi connectivity index (χ3v) is 4.16. The van der Waals surface area contributed by atoms with E-state index in [0.29, 0.717) is 13.2 Å². The molecule has 0 saturated carbocycles. The molecule has 0 unspecified atom stereocenters. The molecular weight excluding hydrogens is 356 g/mol. The van der Waals surface area contributed by atoms with Gasteiger partial charge in [0.2, 0.25) is 5.91 Å². The molecule has 0 aromatic heterocycles. The number of hydrogen-bond donors (Lipinski definition) is 2. The molecule has 4 nitrogen and oxygen atoms in total. The van der Waals surface area contributed by atoms with Gasteiger partial charge in [-0.1, -0.05) is 15.9 Å². The summed E-state index contributed by atoms with van der Waals surface area (Å²) < 4.78 is 6.57. The lowest BCUT2D eigenvalue weighted by molar-refractivity contribution is -0.129. The van der Waals surface area contributed by atoms with Crippen molar-refractivity contribution in [2.24, 2.45) is 0 Å². The van der Waals surface area contributed by atoms with Crippen LogP contribution in [0.15, 0.2) is 16.6 Å². The van der Waals surface area contributed by atoms with Crippen LogP contribution >= 0.6 is 28.3 Å². The highest BCUT2D eigenvalue weighted by molar-refractivity contribution is 9.10. The molecule has 0 radical (unpaired) electrons. The average molecular weight is 378 g/mol. The second-order valence-corrected chi connectivity index (χ2v) is 6.16. The Morgan fingerprint density at radius 3 is 2.62 bits per heavy atom. The first-order valence-corrected chi connectivity index (χ1v) is 7.66. The number of halogens is 2. The van der Waals surface area contributed by atoms with Crippen LogP contribution in [-0.4, -0.2) is 31.2 Å². The SMILES string of the molecule is Cc1cc(Br)cc(C)c1CNC(=O)[C@H]1NCCO[C@@H]1C.Cl. The van der Waals surface area contributed by atoms with Crippen molar-refractivity contribution in [1.29, 1.82) is 0 Å². The molecule has 1 aliphatic heterocycles. The van der Waals surface area contributed by atoms with Crippen molar-refractivity contribution in [3.63, 3.8) is 0 Å². The number of hydrogen-bond acceptors (Lipinski definition) is 3. The van der Waals surface area contributed by atoms with Gasteiger partial charge in [-0.2, -0.15) is 0 Å². The molecule has 1 amide bonds. The minimum absolute atomic E-state index is 0. The van der Waals surface area contributed by atoms with Gasteiger partial charge in [0.05, 0.1) is 12.7 Å². The first-order chi connectivity index (χ1) is 9.49. The molecule has 6 heteroatoms. The van der Waals surface area contributed by atoms with E-state index in [0.717, 1.165) is 11.0 Å². The largest absolute Gasteiger partial charge is 0.375 e. The van der Waals surface area contributed by atoms with Crippen LogP contribution in [0.25, 0.3) is 0 Å². The standard InChI is InChI=1S/C15H21BrN2O2.ClH/c1-9-6-12(16)7-10(2)13(9)8-18-15(19)14-11(3)20-5-4-17-14;/h6-7,11,14,17H,4-5,8H2,1-3H3,(H,18,19);1H/t11-,14+;/m1./s1. The molecule has 21 heavy (non-hydrogen) atoms. The first kappa shape index (κ1) is 18.4. The number of morpholine rings is 1. The fourth-order valence-corrected chi connectivity index (χ4v) is 3.22. The van der Waals surface area contributed by atoms with Crippen molar-refractivity contribution < 1.29 is 9.53 Å². The molecule has 1 heterocycles. The molecule has 2 atom stereocenters. The summed E-state index contributed by atoms with van der Waals surface area (Å²) in [7, 11) is 0. The summed E-state index contributed by atoms with van der Waals surface area (Å²) in [6.07, 6.45) is -0.0872. The van der Waals surface area contributed by atoms with Gasteiger partial charge < -0.3 is 15.4 Å². The predicted molar refractivity (Wildman–Crippen MR) is 89.9 cm³/mol. The second-order valence-electron chi connectivity index (χ2n) is 5.24. The Kier molecular flexibility index (Phi) is 7.13. The summed E-state index contributed by atoms with van der Waals surface area (Å²) in [5.74, 6) is -0.00100. The van der Waals surface area contributed by atoms with Crippen LogP contribution in [0.1, 0.15) is 23.6 Å². The summed E-state index contributed by atoms with van der Waals surface area (Å²) in [6.45, 7) is 7.98. The zero-order chi connectivity index (χ0) is 14.7. The van der Waals surface area contributed by atoms with Crippen molar-refractivity contribution in [1.82, 2.24) is 10.6 Å². The Morgan fingerprint density at radius 1 is 1.43 bits per heavy atom. The summed E-state index contributed by atoms with van der Waals surface area (Å²) in [4.78, 5) is 12.2. The van der Waals surface area contributed by atoms with Gasteiger partial charge in [0.25, 0.3) is 0 Å². The van der Waals surface area contributed by atoms with E-state index in [1.54, 1.807) is 0 Å². The second kappa shape index (κ2) is 8.13. The number of rotatable bonds is 3. The van der Waals surface area contributed by atoms with E-state index in [1.165, 1.54) is 16.7 Å². The maximum absolute atomic E-state index is 12.2. The molecule has 2 rings (SSSR count). The van der Waals surface area contributed by atoms with Gasteiger partial charge in [-0.15, -0.1) is 12.4 Å². The number of aryl methyl sites for hydroxylation is 2. The Balaban J connectivity index is 0.00000220. The normalized spacial score (nSPS) is 21.5. The van der Waals surface area contributed by atoms with Gasteiger partial charge in [-0.25, -0.2) is 0 Å². The van der Waals surface area contributed by atoms with Gasteiger partial charge in [-0.05, 0) is 49.6 Å². The molecule has 0 aliphatic carbocycles. The van der Waals surface area contributed by atoms with E-state index in [9.17, 15) is 4.79 Å². The van der Waals surface area contributed by atoms with Crippen LogP contribution in [0.4, 0.5) is 0 Å². The van der Waals surface area contributed by atoms with Crippen molar-refractivity contribution in [2.75, 3.05) is 13.2 Å². The zero-order valence-electron chi connectivity index (χ0n) is 12.5. The Hall–Kier alpha value is -0.620. The Bertz CT molecular complexity index is 487. The van der Waals surface area contributed by atoms with E-state index in [-0.39, 0.29) is 30.5 Å². The molecule has 2 N–H and O–H groups in total. The molecular formula is C15H22BrClN2O2. The summed E-state index contributed by atoms with van der Waals surface area (Å²) in [6, 6.07) is 3.87. The highest BCUT2D eigenvalue weighted by Gasteiger charge is 2.28. The van der Waals surface area contributed by atoms with Crippen molar-refractivity contribution >= 4 is 34.2 Å².